The Balaban J connectivity index is 1.27. The van der Waals surface area contributed by atoms with Crippen molar-refractivity contribution < 1.29 is 9.53 Å². The van der Waals surface area contributed by atoms with Crippen molar-refractivity contribution in [3.63, 3.8) is 0 Å². The van der Waals surface area contributed by atoms with Crippen LogP contribution in [0.25, 0.3) is 0 Å². The highest BCUT2D eigenvalue weighted by Gasteiger charge is 2.19. The maximum absolute atomic E-state index is 12.5. The van der Waals surface area contributed by atoms with Gasteiger partial charge in [0.25, 0.3) is 5.91 Å². The fourth-order valence-corrected chi connectivity index (χ4v) is 4.27. The lowest BCUT2D eigenvalue weighted by atomic mass is 10.2. The molecule has 3 aromatic carbocycles. The quantitative estimate of drug-likeness (QED) is 0.466. The lowest BCUT2D eigenvalue weighted by Gasteiger charge is -2.36. The summed E-state index contributed by atoms with van der Waals surface area (Å²) in [4.78, 5) is 17.4. The molecule has 7 heteroatoms. The van der Waals surface area contributed by atoms with Crippen LogP contribution < -0.4 is 15.0 Å². The van der Waals surface area contributed by atoms with Crippen LogP contribution in [0.15, 0.2) is 72.8 Å². The smallest absolute Gasteiger partial charge is 0.265 e. The second kappa shape index (κ2) is 10.9. The van der Waals surface area contributed by atoms with Crippen LogP contribution in [0.2, 0.25) is 10.0 Å². The average Bonchev–Trinajstić information content (AvgIpc) is 2.82. The van der Waals surface area contributed by atoms with E-state index in [2.05, 4.69) is 45.4 Å². The monoisotopic (exact) mass is 483 g/mol. The Morgan fingerprint density at radius 3 is 2.33 bits per heavy atom. The van der Waals surface area contributed by atoms with Gasteiger partial charge in [-0.2, -0.15) is 0 Å². The molecule has 0 aromatic heterocycles. The number of anilines is 2. The first-order valence-electron chi connectivity index (χ1n) is 11.0. The molecule has 3 aromatic rings. The molecular formula is C26H27Cl2N3O2. The van der Waals surface area contributed by atoms with Crippen LogP contribution >= 0.6 is 23.2 Å². The number of piperazine rings is 1. The van der Waals surface area contributed by atoms with Gasteiger partial charge >= 0.3 is 0 Å². The minimum absolute atomic E-state index is 0.247. The summed E-state index contributed by atoms with van der Waals surface area (Å²) in [5, 5.41) is 3.78. The maximum atomic E-state index is 12.5. The third kappa shape index (κ3) is 6.41. The second-order valence-electron chi connectivity index (χ2n) is 8.12. The second-order valence-corrected chi connectivity index (χ2v) is 8.96. The van der Waals surface area contributed by atoms with Crippen molar-refractivity contribution >= 4 is 40.5 Å². The van der Waals surface area contributed by atoms with Gasteiger partial charge in [-0.25, -0.2) is 0 Å². The number of halogens is 2. The summed E-state index contributed by atoms with van der Waals surface area (Å²) in [5.41, 5.74) is 3.23. The van der Waals surface area contributed by atoms with Crippen molar-refractivity contribution in [2.75, 3.05) is 36.4 Å². The number of hydrogen-bond acceptors (Lipinski definition) is 4. The predicted molar refractivity (Wildman–Crippen MR) is 136 cm³/mol. The fraction of sp³-hybridized carbons (Fsp3) is 0.269. The molecule has 0 saturated carbocycles. The van der Waals surface area contributed by atoms with Crippen LogP contribution in [0.3, 0.4) is 0 Å². The van der Waals surface area contributed by atoms with E-state index in [1.165, 1.54) is 5.56 Å². The lowest BCUT2D eigenvalue weighted by molar-refractivity contribution is -0.122. The highest BCUT2D eigenvalue weighted by molar-refractivity contribution is 6.35. The van der Waals surface area contributed by atoms with Gasteiger partial charge in [0.15, 0.2) is 6.10 Å². The third-order valence-electron chi connectivity index (χ3n) is 5.69. The van der Waals surface area contributed by atoms with E-state index in [0.29, 0.717) is 15.8 Å². The van der Waals surface area contributed by atoms with Gasteiger partial charge in [0.05, 0.1) is 5.02 Å². The number of carbonyl (C=O) groups is 1. The van der Waals surface area contributed by atoms with Crippen LogP contribution in [-0.4, -0.2) is 43.1 Å². The Bertz CT molecular complexity index is 1070. The van der Waals surface area contributed by atoms with Crippen LogP contribution in [0, 0.1) is 0 Å². The first-order valence-corrected chi connectivity index (χ1v) is 11.8. The molecule has 0 spiro atoms. The first-order chi connectivity index (χ1) is 16.0. The molecule has 172 valence electrons. The molecule has 4 rings (SSSR count). The standard InChI is InChI=1S/C26H27Cl2N3O2/c1-19(33-25-12-7-21(27)17-24(25)28)26(32)29-22-8-10-23(11-9-22)31-15-13-30(14-16-31)18-20-5-3-2-4-6-20/h2-12,17,19H,13-16,18H2,1H3,(H,29,32)/t19-/m1/s1. The average molecular weight is 484 g/mol. The summed E-state index contributed by atoms with van der Waals surface area (Å²) in [6.07, 6.45) is -0.707. The minimum Gasteiger partial charge on any atom is -0.479 e. The van der Waals surface area contributed by atoms with Crippen molar-refractivity contribution in [1.29, 1.82) is 0 Å². The number of rotatable bonds is 7. The molecule has 0 radical (unpaired) electrons. The zero-order chi connectivity index (χ0) is 23.2. The van der Waals surface area contributed by atoms with Crippen molar-refractivity contribution in [1.82, 2.24) is 4.90 Å². The Morgan fingerprint density at radius 2 is 1.67 bits per heavy atom. The maximum Gasteiger partial charge on any atom is 0.265 e. The van der Waals surface area contributed by atoms with E-state index in [4.69, 9.17) is 27.9 Å². The molecule has 1 atom stereocenters. The number of ether oxygens (including phenoxy) is 1. The van der Waals surface area contributed by atoms with E-state index in [1.807, 2.05) is 24.3 Å². The first kappa shape index (κ1) is 23.4. The molecule has 5 nitrogen and oxygen atoms in total. The van der Waals surface area contributed by atoms with Gasteiger partial charge in [0.2, 0.25) is 0 Å². The number of carbonyl (C=O) groups excluding carboxylic acids is 1. The van der Waals surface area contributed by atoms with Gasteiger partial charge in [-0.1, -0.05) is 53.5 Å². The summed E-state index contributed by atoms with van der Waals surface area (Å²) < 4.78 is 5.69. The normalized spacial score (nSPS) is 15.2. The molecule has 1 saturated heterocycles. The zero-order valence-corrected chi connectivity index (χ0v) is 20.0. The largest absolute Gasteiger partial charge is 0.479 e. The predicted octanol–water partition coefficient (Wildman–Crippen LogP) is 5.72. The Kier molecular flexibility index (Phi) is 7.76. The molecule has 0 aliphatic carbocycles. The highest BCUT2D eigenvalue weighted by atomic mass is 35.5. The van der Waals surface area contributed by atoms with Gasteiger partial charge in [-0.3, -0.25) is 9.69 Å². The van der Waals surface area contributed by atoms with E-state index < -0.39 is 6.10 Å². The number of nitrogens with zero attached hydrogens (tertiary/aromatic N) is 2. The summed E-state index contributed by atoms with van der Waals surface area (Å²) in [7, 11) is 0. The third-order valence-corrected chi connectivity index (χ3v) is 6.22. The van der Waals surface area contributed by atoms with E-state index in [9.17, 15) is 4.79 Å². The molecular weight excluding hydrogens is 457 g/mol. The van der Waals surface area contributed by atoms with Crippen molar-refractivity contribution in [3.05, 3.63) is 88.4 Å². The van der Waals surface area contributed by atoms with E-state index >= 15 is 0 Å². The molecule has 0 bridgehead atoms. The number of hydrogen-bond donors (Lipinski definition) is 1. The summed E-state index contributed by atoms with van der Waals surface area (Å²) in [6, 6.07) is 23.4. The van der Waals surface area contributed by atoms with Crippen LogP contribution in [-0.2, 0) is 11.3 Å². The molecule has 1 N–H and O–H groups in total. The van der Waals surface area contributed by atoms with Crippen molar-refractivity contribution in [2.24, 2.45) is 0 Å². The molecule has 0 unspecified atom stereocenters. The van der Waals surface area contributed by atoms with E-state index in [-0.39, 0.29) is 5.91 Å². The Morgan fingerprint density at radius 1 is 0.970 bits per heavy atom. The summed E-state index contributed by atoms with van der Waals surface area (Å²) in [5.74, 6) is 0.175. The van der Waals surface area contributed by atoms with Crippen molar-refractivity contribution in [3.8, 4) is 5.75 Å². The number of nitrogens with one attached hydrogen (secondary N) is 1. The Labute approximate surface area is 204 Å². The van der Waals surface area contributed by atoms with Gasteiger partial charge < -0.3 is 15.0 Å². The summed E-state index contributed by atoms with van der Waals surface area (Å²) in [6.45, 7) is 6.67. The Hall–Kier alpha value is -2.73. The van der Waals surface area contributed by atoms with Gasteiger partial charge in [-0.15, -0.1) is 0 Å². The minimum atomic E-state index is -0.707. The van der Waals surface area contributed by atoms with Crippen LogP contribution in [0.4, 0.5) is 11.4 Å². The molecule has 1 heterocycles. The fourth-order valence-electron chi connectivity index (χ4n) is 3.82. The van der Waals surface area contributed by atoms with E-state index in [1.54, 1.807) is 25.1 Å². The molecule has 1 fully saturated rings. The summed E-state index contributed by atoms with van der Waals surface area (Å²) >= 11 is 12.0. The SMILES string of the molecule is C[C@@H](Oc1ccc(Cl)cc1Cl)C(=O)Nc1ccc(N2CCN(Cc3ccccc3)CC2)cc1. The van der Waals surface area contributed by atoms with Gasteiger partial charge in [0, 0.05) is 49.1 Å². The van der Waals surface area contributed by atoms with Gasteiger partial charge in [0.1, 0.15) is 5.75 Å². The highest BCUT2D eigenvalue weighted by Crippen LogP contribution is 2.28. The van der Waals surface area contributed by atoms with Gasteiger partial charge in [-0.05, 0) is 55.0 Å². The van der Waals surface area contributed by atoms with E-state index in [0.717, 1.165) is 44.1 Å². The zero-order valence-electron chi connectivity index (χ0n) is 18.5. The topological polar surface area (TPSA) is 44.8 Å². The van der Waals surface area contributed by atoms with Crippen LogP contribution in [0.5, 0.6) is 5.75 Å². The molecule has 1 amide bonds. The van der Waals surface area contributed by atoms with Crippen LogP contribution in [0.1, 0.15) is 12.5 Å². The number of benzene rings is 3. The van der Waals surface area contributed by atoms with Crippen molar-refractivity contribution in [2.45, 2.75) is 19.6 Å². The molecule has 1 aliphatic rings. The molecule has 1 aliphatic heterocycles. The molecule has 33 heavy (non-hydrogen) atoms. The lowest BCUT2D eigenvalue weighted by Crippen LogP contribution is -2.45. The number of amides is 1.